The van der Waals surface area contributed by atoms with Gasteiger partial charge in [-0.25, -0.2) is 4.98 Å². The molecule has 0 spiro atoms. The summed E-state index contributed by atoms with van der Waals surface area (Å²) in [4.78, 5) is 26.6. The van der Waals surface area contributed by atoms with E-state index in [0.29, 0.717) is 18.7 Å². The third-order valence-electron chi connectivity index (χ3n) is 2.29. The largest absolute Gasteiger partial charge is 0.344 e. The van der Waals surface area contributed by atoms with Gasteiger partial charge >= 0.3 is 0 Å². The molecule has 2 amide bonds. The summed E-state index contributed by atoms with van der Waals surface area (Å²) >= 11 is 3.25. The number of nitrogens with zero attached hydrogens (tertiary/aromatic N) is 1. The third-order valence-corrected chi connectivity index (χ3v) is 2.76. The van der Waals surface area contributed by atoms with E-state index in [4.69, 9.17) is 0 Å². The highest BCUT2D eigenvalue weighted by atomic mass is 79.9. The zero-order valence-electron chi connectivity index (χ0n) is 8.37. The van der Waals surface area contributed by atoms with Crippen molar-refractivity contribution in [1.82, 2.24) is 10.3 Å². The number of carbonyl (C=O) groups excluding carboxylic acids is 2. The number of amides is 2. The van der Waals surface area contributed by atoms with Crippen LogP contribution in [-0.4, -0.2) is 22.8 Å². The lowest BCUT2D eigenvalue weighted by Gasteiger charge is -2.09. The average molecular weight is 284 g/mol. The normalized spacial score (nSPS) is 19.3. The first-order chi connectivity index (χ1) is 7.65. The fourth-order valence-electron chi connectivity index (χ4n) is 1.47. The highest BCUT2D eigenvalue weighted by Crippen LogP contribution is 2.12. The maximum Gasteiger partial charge on any atom is 0.248 e. The van der Waals surface area contributed by atoms with Crippen LogP contribution in [0.3, 0.4) is 0 Å². The lowest BCUT2D eigenvalue weighted by atomic mass is 10.2. The van der Waals surface area contributed by atoms with Crippen LogP contribution in [0.2, 0.25) is 0 Å². The van der Waals surface area contributed by atoms with Crippen LogP contribution < -0.4 is 10.6 Å². The molecule has 1 unspecified atom stereocenters. The van der Waals surface area contributed by atoms with Gasteiger partial charge in [0.1, 0.15) is 11.9 Å². The van der Waals surface area contributed by atoms with Gasteiger partial charge in [-0.3, -0.25) is 9.59 Å². The molecule has 1 aromatic heterocycles. The molecule has 0 bridgehead atoms. The quantitative estimate of drug-likeness (QED) is 0.853. The molecule has 84 valence electrons. The number of aromatic nitrogens is 1. The van der Waals surface area contributed by atoms with E-state index in [9.17, 15) is 9.59 Å². The fraction of sp³-hybridized carbons (Fsp3) is 0.300. The molecular formula is C10H10BrN3O2. The lowest BCUT2D eigenvalue weighted by molar-refractivity contribution is -0.122. The second kappa shape index (κ2) is 4.61. The summed E-state index contributed by atoms with van der Waals surface area (Å²) in [6, 6.07) is 3.05. The van der Waals surface area contributed by atoms with E-state index in [2.05, 4.69) is 31.5 Å². The number of anilines is 1. The van der Waals surface area contributed by atoms with Crippen molar-refractivity contribution < 1.29 is 9.59 Å². The first-order valence-electron chi connectivity index (χ1n) is 4.87. The molecule has 2 heterocycles. The van der Waals surface area contributed by atoms with Gasteiger partial charge in [-0.2, -0.15) is 0 Å². The Balaban J connectivity index is 1.97. The highest BCUT2D eigenvalue weighted by Gasteiger charge is 2.27. The Morgan fingerprint density at radius 1 is 1.56 bits per heavy atom. The van der Waals surface area contributed by atoms with Crippen molar-refractivity contribution in [3.8, 4) is 0 Å². The van der Waals surface area contributed by atoms with Crippen molar-refractivity contribution >= 4 is 33.6 Å². The maximum absolute atomic E-state index is 11.7. The number of hydrogen-bond acceptors (Lipinski definition) is 3. The number of halogens is 1. The van der Waals surface area contributed by atoms with Crippen molar-refractivity contribution in [2.24, 2.45) is 0 Å². The Bertz CT molecular complexity index is 419. The predicted octanol–water partition coefficient (Wildman–Crippen LogP) is 1.06. The minimum Gasteiger partial charge on any atom is -0.344 e. The molecule has 1 aromatic rings. The summed E-state index contributed by atoms with van der Waals surface area (Å²) in [5.74, 6) is 0.180. The van der Waals surface area contributed by atoms with Gasteiger partial charge < -0.3 is 10.6 Å². The van der Waals surface area contributed by atoms with Gasteiger partial charge in [0, 0.05) is 17.1 Å². The summed E-state index contributed by atoms with van der Waals surface area (Å²) in [5, 5.41) is 5.24. The van der Waals surface area contributed by atoms with Crippen molar-refractivity contribution in [3.63, 3.8) is 0 Å². The van der Waals surface area contributed by atoms with Gasteiger partial charge in [0.2, 0.25) is 11.8 Å². The van der Waals surface area contributed by atoms with E-state index in [1.165, 1.54) is 0 Å². The van der Waals surface area contributed by atoms with Crippen LogP contribution in [0.5, 0.6) is 0 Å². The van der Waals surface area contributed by atoms with Crippen LogP contribution in [0.4, 0.5) is 5.82 Å². The van der Waals surface area contributed by atoms with Crippen LogP contribution >= 0.6 is 15.9 Å². The van der Waals surface area contributed by atoms with E-state index in [-0.39, 0.29) is 11.8 Å². The lowest BCUT2D eigenvalue weighted by Crippen LogP contribution is -2.37. The van der Waals surface area contributed by atoms with Crippen molar-refractivity contribution in [1.29, 1.82) is 0 Å². The van der Waals surface area contributed by atoms with Crippen LogP contribution in [-0.2, 0) is 9.59 Å². The number of nitrogens with one attached hydrogen (secondary N) is 2. The second-order valence-electron chi connectivity index (χ2n) is 3.51. The SMILES string of the molecule is O=C1CCC(C(=O)Nc2ccc(Br)cn2)N1. The summed E-state index contributed by atoms with van der Waals surface area (Å²) in [5.41, 5.74) is 0. The Morgan fingerprint density at radius 2 is 2.38 bits per heavy atom. The Labute approximate surface area is 101 Å². The third kappa shape index (κ3) is 2.57. The van der Waals surface area contributed by atoms with Crippen molar-refractivity contribution in [2.75, 3.05) is 5.32 Å². The molecule has 1 aliphatic heterocycles. The maximum atomic E-state index is 11.7. The number of hydrogen-bond donors (Lipinski definition) is 2. The molecule has 0 saturated carbocycles. The van der Waals surface area contributed by atoms with E-state index < -0.39 is 6.04 Å². The molecule has 0 aromatic carbocycles. The van der Waals surface area contributed by atoms with Crippen LogP contribution in [0.15, 0.2) is 22.8 Å². The summed E-state index contributed by atoms with van der Waals surface area (Å²) < 4.78 is 0.847. The molecule has 5 nitrogen and oxygen atoms in total. The molecule has 1 fully saturated rings. The fourth-order valence-corrected chi connectivity index (χ4v) is 1.71. The van der Waals surface area contributed by atoms with Gasteiger partial charge in [-0.05, 0) is 34.5 Å². The number of pyridine rings is 1. The van der Waals surface area contributed by atoms with Gasteiger partial charge in [0.25, 0.3) is 0 Å². The first-order valence-corrected chi connectivity index (χ1v) is 5.66. The van der Waals surface area contributed by atoms with E-state index in [1.54, 1.807) is 18.3 Å². The molecule has 1 aliphatic rings. The second-order valence-corrected chi connectivity index (χ2v) is 4.43. The Hall–Kier alpha value is -1.43. The molecule has 2 N–H and O–H groups in total. The molecule has 6 heteroatoms. The minimum absolute atomic E-state index is 0.0797. The number of carbonyl (C=O) groups is 2. The Morgan fingerprint density at radius 3 is 2.94 bits per heavy atom. The van der Waals surface area contributed by atoms with Crippen molar-refractivity contribution in [3.05, 3.63) is 22.8 Å². The molecule has 2 rings (SSSR count). The van der Waals surface area contributed by atoms with Crippen LogP contribution in [0, 0.1) is 0 Å². The Kier molecular flexibility index (Phi) is 3.19. The molecular weight excluding hydrogens is 274 g/mol. The molecule has 16 heavy (non-hydrogen) atoms. The topological polar surface area (TPSA) is 71.1 Å². The van der Waals surface area contributed by atoms with Crippen LogP contribution in [0.1, 0.15) is 12.8 Å². The van der Waals surface area contributed by atoms with Gasteiger partial charge in [-0.15, -0.1) is 0 Å². The first kappa shape index (κ1) is 11.1. The predicted molar refractivity (Wildman–Crippen MR) is 61.7 cm³/mol. The monoisotopic (exact) mass is 283 g/mol. The highest BCUT2D eigenvalue weighted by molar-refractivity contribution is 9.10. The van der Waals surface area contributed by atoms with E-state index in [1.807, 2.05) is 0 Å². The molecule has 0 aliphatic carbocycles. The smallest absolute Gasteiger partial charge is 0.248 e. The summed E-state index contributed by atoms with van der Waals surface area (Å²) in [6.45, 7) is 0. The molecule has 1 atom stereocenters. The zero-order valence-corrected chi connectivity index (χ0v) is 9.95. The standard InChI is InChI=1S/C10H10BrN3O2/c11-6-1-3-8(12-5-6)14-10(16)7-2-4-9(15)13-7/h1,3,5,7H,2,4H2,(H,13,15)(H,12,14,16). The van der Waals surface area contributed by atoms with E-state index in [0.717, 1.165) is 4.47 Å². The molecule has 0 radical (unpaired) electrons. The van der Waals surface area contributed by atoms with Gasteiger partial charge in [0.15, 0.2) is 0 Å². The number of rotatable bonds is 2. The summed E-state index contributed by atoms with van der Waals surface area (Å²) in [6.07, 6.45) is 2.55. The van der Waals surface area contributed by atoms with E-state index >= 15 is 0 Å². The van der Waals surface area contributed by atoms with Gasteiger partial charge in [0.05, 0.1) is 0 Å². The summed E-state index contributed by atoms with van der Waals surface area (Å²) in [7, 11) is 0. The minimum atomic E-state index is -0.432. The molecule has 1 saturated heterocycles. The average Bonchev–Trinajstić information content (AvgIpc) is 2.68. The zero-order chi connectivity index (χ0) is 11.5. The van der Waals surface area contributed by atoms with Crippen molar-refractivity contribution in [2.45, 2.75) is 18.9 Å². The van der Waals surface area contributed by atoms with Crippen LogP contribution in [0.25, 0.3) is 0 Å². The van der Waals surface area contributed by atoms with Gasteiger partial charge in [-0.1, -0.05) is 0 Å².